The van der Waals surface area contributed by atoms with Crippen LogP contribution in [0.2, 0.25) is 0 Å². The lowest BCUT2D eigenvalue weighted by Gasteiger charge is -2.01. The van der Waals surface area contributed by atoms with Crippen LogP contribution < -0.4 is 5.32 Å². The second kappa shape index (κ2) is 6.51. The molecular formula is C13H14N2O5S. The van der Waals surface area contributed by atoms with Crippen molar-refractivity contribution in [2.75, 3.05) is 7.11 Å². The van der Waals surface area contributed by atoms with Gasteiger partial charge in [-0.1, -0.05) is 0 Å². The van der Waals surface area contributed by atoms with Crippen molar-refractivity contribution in [2.45, 2.75) is 20.1 Å². The predicted molar refractivity (Wildman–Crippen MR) is 74.4 cm³/mol. The lowest BCUT2D eigenvalue weighted by Crippen LogP contribution is -2.22. The molecule has 0 radical (unpaired) electrons. The van der Waals surface area contributed by atoms with Crippen LogP contribution in [-0.4, -0.2) is 29.1 Å². The molecule has 0 atom stereocenters. The minimum absolute atomic E-state index is 0.114. The number of thiazole rings is 1. The monoisotopic (exact) mass is 310 g/mol. The van der Waals surface area contributed by atoms with E-state index in [1.54, 1.807) is 14.0 Å². The second-order valence-corrected chi connectivity index (χ2v) is 5.29. The zero-order valence-corrected chi connectivity index (χ0v) is 12.3. The van der Waals surface area contributed by atoms with Crippen molar-refractivity contribution in [1.29, 1.82) is 0 Å². The van der Waals surface area contributed by atoms with Crippen molar-refractivity contribution < 1.29 is 23.8 Å². The van der Waals surface area contributed by atoms with Crippen LogP contribution in [0.1, 0.15) is 36.7 Å². The van der Waals surface area contributed by atoms with Crippen molar-refractivity contribution >= 4 is 23.2 Å². The van der Waals surface area contributed by atoms with Gasteiger partial charge in [-0.05, 0) is 19.1 Å². The second-order valence-electron chi connectivity index (χ2n) is 4.21. The average Bonchev–Trinajstić information content (AvgIpc) is 3.03. The third kappa shape index (κ3) is 3.67. The third-order valence-corrected chi connectivity index (χ3v) is 3.74. The van der Waals surface area contributed by atoms with Gasteiger partial charge >= 0.3 is 5.97 Å². The van der Waals surface area contributed by atoms with Gasteiger partial charge in [0.1, 0.15) is 15.6 Å². The molecule has 21 heavy (non-hydrogen) atoms. The molecule has 2 N–H and O–H groups in total. The number of aryl methyl sites for hydroxylation is 1. The first-order chi connectivity index (χ1) is 10.0. The van der Waals surface area contributed by atoms with Crippen LogP contribution in [0.4, 0.5) is 0 Å². The maximum Gasteiger partial charge on any atom is 0.371 e. The minimum Gasteiger partial charge on any atom is -0.475 e. The summed E-state index contributed by atoms with van der Waals surface area (Å²) in [5.74, 6) is -1.20. The standard InChI is InChI=1S/C13H14N2O5S/c1-7-11(21-10(15-7)6-19-2)12(16)14-5-8-3-4-9(20-8)13(17)18/h3-4H,5-6H2,1-2H3,(H,14,16)(H,17,18). The molecule has 0 bridgehead atoms. The Hall–Kier alpha value is -2.19. The molecule has 0 aliphatic rings. The zero-order chi connectivity index (χ0) is 15.4. The maximum atomic E-state index is 12.1. The summed E-state index contributed by atoms with van der Waals surface area (Å²) in [6.07, 6.45) is 0. The number of carboxylic acids is 1. The molecule has 1 amide bonds. The van der Waals surface area contributed by atoms with Gasteiger partial charge in [-0.25, -0.2) is 9.78 Å². The molecule has 0 saturated carbocycles. The van der Waals surface area contributed by atoms with Crippen LogP contribution in [0.15, 0.2) is 16.5 Å². The number of carbonyl (C=O) groups excluding carboxylic acids is 1. The number of hydrogen-bond donors (Lipinski definition) is 2. The molecule has 8 heteroatoms. The number of furan rings is 1. The van der Waals surface area contributed by atoms with E-state index in [1.165, 1.54) is 23.5 Å². The highest BCUT2D eigenvalue weighted by atomic mass is 32.1. The van der Waals surface area contributed by atoms with E-state index in [2.05, 4.69) is 10.3 Å². The minimum atomic E-state index is -1.14. The summed E-state index contributed by atoms with van der Waals surface area (Å²) in [5, 5.41) is 12.1. The molecule has 0 spiro atoms. The number of carboxylic acid groups (broad SMARTS) is 1. The smallest absolute Gasteiger partial charge is 0.371 e. The molecule has 2 aromatic rings. The fourth-order valence-corrected chi connectivity index (χ4v) is 2.64. The fraction of sp³-hybridized carbons (Fsp3) is 0.308. The predicted octanol–water partition coefficient (Wildman–Crippen LogP) is 1.82. The van der Waals surface area contributed by atoms with Crippen LogP contribution in [0.25, 0.3) is 0 Å². The van der Waals surface area contributed by atoms with Crippen molar-refractivity contribution in [3.63, 3.8) is 0 Å². The van der Waals surface area contributed by atoms with Crippen LogP contribution in [0.3, 0.4) is 0 Å². The largest absolute Gasteiger partial charge is 0.475 e. The first kappa shape index (κ1) is 15.2. The Morgan fingerprint density at radius 2 is 2.24 bits per heavy atom. The van der Waals surface area contributed by atoms with E-state index >= 15 is 0 Å². The average molecular weight is 310 g/mol. The number of carbonyl (C=O) groups is 2. The summed E-state index contributed by atoms with van der Waals surface area (Å²) in [6.45, 7) is 2.22. The molecule has 2 aromatic heterocycles. The number of rotatable bonds is 6. The molecular weight excluding hydrogens is 296 g/mol. The van der Waals surface area contributed by atoms with Gasteiger partial charge in [0, 0.05) is 7.11 Å². The van der Waals surface area contributed by atoms with E-state index in [0.717, 1.165) is 5.01 Å². The molecule has 0 aliphatic carbocycles. The molecule has 7 nitrogen and oxygen atoms in total. The molecule has 0 aromatic carbocycles. The van der Waals surface area contributed by atoms with Crippen LogP contribution in [0.5, 0.6) is 0 Å². The lowest BCUT2D eigenvalue weighted by molar-refractivity contribution is 0.0660. The van der Waals surface area contributed by atoms with Gasteiger partial charge in [0.25, 0.3) is 5.91 Å². The molecule has 2 rings (SSSR count). The first-order valence-electron chi connectivity index (χ1n) is 6.06. The van der Waals surface area contributed by atoms with Gasteiger partial charge in [-0.3, -0.25) is 4.79 Å². The molecule has 0 saturated heterocycles. The summed E-state index contributed by atoms with van der Waals surface area (Å²) in [5.41, 5.74) is 0.634. The maximum absolute atomic E-state index is 12.1. The highest BCUT2D eigenvalue weighted by Gasteiger charge is 2.16. The highest BCUT2D eigenvalue weighted by molar-refractivity contribution is 7.13. The van der Waals surface area contributed by atoms with Crippen molar-refractivity contribution in [3.8, 4) is 0 Å². The lowest BCUT2D eigenvalue weighted by atomic mass is 10.3. The first-order valence-corrected chi connectivity index (χ1v) is 6.88. The summed E-state index contributed by atoms with van der Waals surface area (Å²) in [7, 11) is 1.56. The summed E-state index contributed by atoms with van der Waals surface area (Å²) < 4.78 is 10.0. The molecule has 2 heterocycles. The molecule has 0 fully saturated rings. The van der Waals surface area contributed by atoms with Crippen LogP contribution in [-0.2, 0) is 17.9 Å². The number of methoxy groups -OCH3 is 1. The van der Waals surface area contributed by atoms with Gasteiger partial charge in [0.05, 0.1) is 18.8 Å². The number of aromatic carboxylic acids is 1. The third-order valence-electron chi connectivity index (χ3n) is 2.61. The van der Waals surface area contributed by atoms with Crippen LogP contribution in [0, 0.1) is 6.92 Å². The normalized spacial score (nSPS) is 10.6. The summed E-state index contributed by atoms with van der Waals surface area (Å²) in [6, 6.07) is 2.86. The van der Waals surface area contributed by atoms with E-state index in [-0.39, 0.29) is 18.2 Å². The van der Waals surface area contributed by atoms with Gasteiger partial charge in [-0.2, -0.15) is 0 Å². The highest BCUT2D eigenvalue weighted by Crippen LogP contribution is 2.19. The summed E-state index contributed by atoms with van der Waals surface area (Å²) >= 11 is 1.26. The van der Waals surface area contributed by atoms with Crippen molar-refractivity contribution in [1.82, 2.24) is 10.3 Å². The van der Waals surface area contributed by atoms with Crippen molar-refractivity contribution in [2.24, 2.45) is 0 Å². The molecule has 0 unspecified atom stereocenters. The zero-order valence-electron chi connectivity index (χ0n) is 11.5. The molecule has 112 valence electrons. The Balaban J connectivity index is 1.99. The number of amides is 1. The number of aromatic nitrogens is 1. The van der Waals surface area contributed by atoms with Crippen molar-refractivity contribution in [3.05, 3.63) is 39.2 Å². The number of nitrogens with zero attached hydrogens (tertiary/aromatic N) is 1. The van der Waals surface area contributed by atoms with E-state index in [1.807, 2.05) is 0 Å². The fourth-order valence-electron chi connectivity index (χ4n) is 1.68. The molecule has 0 aliphatic heterocycles. The Morgan fingerprint density at radius 3 is 2.86 bits per heavy atom. The topological polar surface area (TPSA) is 102 Å². The number of nitrogens with one attached hydrogen (secondary N) is 1. The van der Waals surface area contributed by atoms with Gasteiger partial charge < -0.3 is 19.6 Å². The van der Waals surface area contributed by atoms with Gasteiger partial charge in [0.15, 0.2) is 0 Å². The van der Waals surface area contributed by atoms with E-state index in [4.69, 9.17) is 14.3 Å². The van der Waals surface area contributed by atoms with E-state index in [0.29, 0.717) is 22.9 Å². The Bertz CT molecular complexity index is 661. The Morgan fingerprint density at radius 1 is 1.48 bits per heavy atom. The van der Waals surface area contributed by atoms with Crippen LogP contribution >= 0.6 is 11.3 Å². The Labute approximate surface area is 124 Å². The number of hydrogen-bond acceptors (Lipinski definition) is 6. The van der Waals surface area contributed by atoms with Gasteiger partial charge in [-0.15, -0.1) is 11.3 Å². The quantitative estimate of drug-likeness (QED) is 0.844. The summed E-state index contributed by atoms with van der Waals surface area (Å²) in [4.78, 5) is 27.5. The SMILES string of the molecule is COCc1nc(C)c(C(=O)NCc2ccc(C(=O)O)o2)s1. The number of ether oxygens (including phenoxy) is 1. The van der Waals surface area contributed by atoms with E-state index in [9.17, 15) is 9.59 Å². The van der Waals surface area contributed by atoms with E-state index < -0.39 is 5.97 Å². The van der Waals surface area contributed by atoms with Gasteiger partial charge in [0.2, 0.25) is 5.76 Å². The Kier molecular flexibility index (Phi) is 4.71.